The molecular weight excluding hydrogens is 498 g/mol. The number of hydrogen-bond donors (Lipinski definition) is 0. The average Bonchev–Trinajstić information content (AvgIpc) is 2.92. The Bertz CT molecular complexity index is 820. The third-order valence-electron chi connectivity index (χ3n) is 6.98. The Morgan fingerprint density at radius 1 is 0.684 bits per heavy atom. The summed E-state index contributed by atoms with van der Waals surface area (Å²) in [6.07, 6.45) is 24.7. The first kappa shape index (κ1) is 34.4. The van der Waals surface area contributed by atoms with Crippen molar-refractivity contribution in [3.8, 4) is 11.8 Å². The highest BCUT2D eigenvalue weighted by atomic mass is 32.3. The summed E-state index contributed by atoms with van der Waals surface area (Å²) < 4.78 is 39.1. The Kier molecular flexibility index (Phi) is 21.1. The van der Waals surface area contributed by atoms with Crippen LogP contribution in [0.4, 0.5) is 0 Å². The zero-order chi connectivity index (χ0) is 27.7. The van der Waals surface area contributed by atoms with Crippen LogP contribution in [0.25, 0.3) is 0 Å². The molecule has 0 aromatic heterocycles. The second-order valence-corrected chi connectivity index (χ2v) is 11.6. The standard InChI is InChI=1S/C31H53NO5S/c1-3-4-5-6-7-8-9-10-11-12-13-14-15-16-17-18-19-20-21-22-27-36-38(33,34)37-31(28-32)29-23-25-30(35-2)26-24-29/h23-26,31H,3-22,27H2,1-2H3. The van der Waals surface area contributed by atoms with E-state index in [1.54, 1.807) is 24.3 Å². The third kappa shape index (κ3) is 18.6. The molecule has 1 rings (SSSR count). The van der Waals surface area contributed by atoms with Gasteiger partial charge in [-0.25, -0.2) is 8.37 Å². The maximum Gasteiger partial charge on any atom is 0.401 e. The lowest BCUT2D eigenvalue weighted by Crippen LogP contribution is -2.14. The van der Waals surface area contributed by atoms with E-state index in [-0.39, 0.29) is 6.61 Å². The molecule has 0 aliphatic rings. The number of ether oxygens (including phenoxy) is 1. The van der Waals surface area contributed by atoms with E-state index < -0.39 is 16.5 Å². The van der Waals surface area contributed by atoms with E-state index in [0.29, 0.717) is 17.7 Å². The summed E-state index contributed by atoms with van der Waals surface area (Å²) in [4.78, 5) is 0. The molecule has 0 saturated carbocycles. The van der Waals surface area contributed by atoms with E-state index in [9.17, 15) is 13.7 Å². The van der Waals surface area contributed by atoms with Gasteiger partial charge in [-0.05, 0) is 24.1 Å². The molecule has 0 bridgehead atoms. The Morgan fingerprint density at radius 3 is 1.45 bits per heavy atom. The van der Waals surface area contributed by atoms with Crippen molar-refractivity contribution in [3.63, 3.8) is 0 Å². The van der Waals surface area contributed by atoms with Gasteiger partial charge in [0.1, 0.15) is 11.8 Å². The van der Waals surface area contributed by atoms with Crippen LogP contribution in [0.1, 0.15) is 147 Å². The van der Waals surface area contributed by atoms with Crippen LogP contribution in [0.5, 0.6) is 5.75 Å². The van der Waals surface area contributed by atoms with Gasteiger partial charge in [0.05, 0.1) is 13.7 Å². The van der Waals surface area contributed by atoms with Crippen molar-refractivity contribution >= 4 is 10.4 Å². The average molecular weight is 552 g/mol. The molecule has 0 saturated heterocycles. The lowest BCUT2D eigenvalue weighted by molar-refractivity contribution is 0.186. The molecule has 0 N–H and O–H groups in total. The van der Waals surface area contributed by atoms with Crippen LogP contribution >= 0.6 is 0 Å². The van der Waals surface area contributed by atoms with Gasteiger partial charge in [-0.1, -0.05) is 141 Å². The van der Waals surface area contributed by atoms with Gasteiger partial charge in [0.2, 0.25) is 0 Å². The van der Waals surface area contributed by atoms with Crippen molar-refractivity contribution in [1.82, 2.24) is 0 Å². The summed E-state index contributed by atoms with van der Waals surface area (Å²) in [5.41, 5.74) is 0.430. The van der Waals surface area contributed by atoms with Gasteiger partial charge in [0.15, 0.2) is 6.10 Å². The van der Waals surface area contributed by atoms with Crippen LogP contribution in [0, 0.1) is 11.3 Å². The van der Waals surface area contributed by atoms with Gasteiger partial charge < -0.3 is 4.74 Å². The van der Waals surface area contributed by atoms with Gasteiger partial charge in [-0.15, -0.1) is 0 Å². The summed E-state index contributed by atoms with van der Waals surface area (Å²) in [5.74, 6) is 0.615. The second-order valence-electron chi connectivity index (χ2n) is 10.3. The third-order valence-corrected chi connectivity index (χ3v) is 7.86. The lowest BCUT2D eigenvalue weighted by Gasteiger charge is -2.11. The Morgan fingerprint density at radius 2 is 1.08 bits per heavy atom. The summed E-state index contributed by atoms with van der Waals surface area (Å²) in [7, 11) is -2.70. The summed E-state index contributed by atoms with van der Waals surface area (Å²) >= 11 is 0. The molecule has 0 fully saturated rings. The minimum absolute atomic E-state index is 0.0715. The number of hydrogen-bond acceptors (Lipinski definition) is 6. The molecule has 0 aliphatic heterocycles. The number of rotatable bonds is 26. The van der Waals surface area contributed by atoms with Gasteiger partial charge in [-0.2, -0.15) is 13.7 Å². The molecule has 1 unspecified atom stereocenters. The van der Waals surface area contributed by atoms with Gasteiger partial charge in [-0.3, -0.25) is 0 Å². The van der Waals surface area contributed by atoms with Crippen molar-refractivity contribution in [2.75, 3.05) is 13.7 Å². The number of methoxy groups -OCH3 is 1. The minimum atomic E-state index is -4.24. The van der Waals surface area contributed by atoms with Crippen molar-refractivity contribution in [3.05, 3.63) is 29.8 Å². The fourth-order valence-electron chi connectivity index (χ4n) is 4.59. The fourth-order valence-corrected chi connectivity index (χ4v) is 5.36. The van der Waals surface area contributed by atoms with Gasteiger partial charge in [0.25, 0.3) is 0 Å². The molecule has 0 aliphatic carbocycles. The van der Waals surface area contributed by atoms with E-state index in [0.717, 1.165) is 12.8 Å². The minimum Gasteiger partial charge on any atom is -0.497 e. The molecule has 7 heteroatoms. The van der Waals surface area contributed by atoms with Gasteiger partial charge in [0, 0.05) is 0 Å². The molecule has 218 valence electrons. The number of nitrogens with zero attached hydrogens (tertiary/aromatic N) is 1. The molecule has 38 heavy (non-hydrogen) atoms. The van der Waals surface area contributed by atoms with Crippen molar-refractivity contribution < 1.29 is 21.5 Å². The first-order valence-corrected chi connectivity index (χ1v) is 16.5. The van der Waals surface area contributed by atoms with Crippen LogP contribution in [0.2, 0.25) is 0 Å². The van der Waals surface area contributed by atoms with Crippen molar-refractivity contribution in [2.24, 2.45) is 0 Å². The van der Waals surface area contributed by atoms with Crippen LogP contribution in [-0.4, -0.2) is 22.1 Å². The van der Waals surface area contributed by atoms with E-state index in [4.69, 9.17) is 13.1 Å². The van der Waals surface area contributed by atoms with E-state index in [1.165, 1.54) is 116 Å². The van der Waals surface area contributed by atoms with Crippen LogP contribution in [0.3, 0.4) is 0 Å². The van der Waals surface area contributed by atoms with Crippen molar-refractivity contribution in [2.45, 2.75) is 141 Å². The Hall–Kier alpha value is -1.62. The molecule has 0 heterocycles. The Labute approximate surface area is 233 Å². The molecule has 0 amide bonds. The molecule has 1 aromatic rings. The zero-order valence-electron chi connectivity index (χ0n) is 24.1. The number of benzene rings is 1. The predicted octanol–water partition coefficient (Wildman–Crippen LogP) is 9.36. The molecule has 0 radical (unpaired) electrons. The van der Waals surface area contributed by atoms with Gasteiger partial charge >= 0.3 is 10.4 Å². The topological polar surface area (TPSA) is 85.6 Å². The normalized spacial score (nSPS) is 12.3. The molecule has 0 spiro atoms. The Balaban J connectivity index is 1.91. The fraction of sp³-hybridized carbons (Fsp3) is 0.774. The SMILES string of the molecule is CCCCCCCCCCCCCCCCCCCCCCOS(=O)(=O)OC(C#N)c1ccc(OC)cc1. The molecule has 1 aromatic carbocycles. The summed E-state index contributed by atoms with van der Waals surface area (Å²) in [6, 6.07) is 8.35. The summed E-state index contributed by atoms with van der Waals surface area (Å²) in [5, 5.41) is 9.29. The summed E-state index contributed by atoms with van der Waals surface area (Å²) in [6.45, 7) is 2.35. The largest absolute Gasteiger partial charge is 0.497 e. The monoisotopic (exact) mass is 551 g/mol. The van der Waals surface area contributed by atoms with Crippen molar-refractivity contribution in [1.29, 1.82) is 5.26 Å². The van der Waals surface area contributed by atoms with Crippen LogP contribution in [-0.2, 0) is 18.8 Å². The zero-order valence-corrected chi connectivity index (χ0v) is 24.9. The van der Waals surface area contributed by atoms with E-state index >= 15 is 0 Å². The quantitative estimate of drug-likeness (QED) is 0.107. The number of nitriles is 1. The highest BCUT2D eigenvalue weighted by molar-refractivity contribution is 7.81. The van der Waals surface area contributed by atoms with Crippen LogP contribution in [0.15, 0.2) is 24.3 Å². The first-order valence-electron chi connectivity index (χ1n) is 15.1. The maximum absolute atomic E-state index is 12.1. The highest BCUT2D eigenvalue weighted by Gasteiger charge is 2.22. The first-order chi connectivity index (χ1) is 18.5. The van der Waals surface area contributed by atoms with E-state index in [1.807, 2.05) is 6.07 Å². The highest BCUT2D eigenvalue weighted by Crippen LogP contribution is 2.22. The molecule has 1 atom stereocenters. The maximum atomic E-state index is 12.1. The van der Waals surface area contributed by atoms with Crippen LogP contribution < -0.4 is 4.74 Å². The molecular formula is C31H53NO5S. The lowest BCUT2D eigenvalue weighted by atomic mass is 10.0. The smallest absolute Gasteiger partial charge is 0.401 e. The second kappa shape index (κ2) is 23.3. The van der Waals surface area contributed by atoms with E-state index in [2.05, 4.69) is 6.92 Å². The number of unbranched alkanes of at least 4 members (excludes halogenated alkanes) is 19. The molecule has 6 nitrogen and oxygen atoms in total. The predicted molar refractivity (Wildman–Crippen MR) is 155 cm³/mol.